The van der Waals surface area contributed by atoms with Crippen LogP contribution in [-0.4, -0.2) is 59.7 Å². The number of carbonyl (C=O) groups excluding carboxylic acids is 4. The number of nitrogens with zero attached hydrogens (tertiary/aromatic N) is 2. The van der Waals surface area contributed by atoms with Gasteiger partial charge in [-0.3, -0.25) is 19.3 Å². The summed E-state index contributed by atoms with van der Waals surface area (Å²) >= 11 is 0. The zero-order valence-corrected chi connectivity index (χ0v) is 16.1. The maximum atomic E-state index is 13.0. The minimum Gasteiger partial charge on any atom is -0.354 e. The van der Waals surface area contributed by atoms with E-state index in [1.165, 1.54) is 0 Å². The lowest BCUT2D eigenvalue weighted by Gasteiger charge is -2.25. The van der Waals surface area contributed by atoms with Gasteiger partial charge in [0.2, 0.25) is 11.8 Å². The maximum absolute atomic E-state index is 13.0. The molecule has 2 saturated heterocycles. The smallest absolute Gasteiger partial charge is 0.325 e. The van der Waals surface area contributed by atoms with Crippen molar-refractivity contribution in [3.05, 3.63) is 35.9 Å². The Balaban J connectivity index is 1.56. The summed E-state index contributed by atoms with van der Waals surface area (Å²) in [6.07, 6.45) is 2.63. The lowest BCUT2D eigenvalue weighted by molar-refractivity contribution is -0.135. The van der Waals surface area contributed by atoms with Gasteiger partial charge in [-0.05, 0) is 24.8 Å². The number of imide groups is 1. The molecule has 8 heteroatoms. The molecule has 2 aliphatic heterocycles. The average Bonchev–Trinajstić information content (AvgIpc) is 3.32. The van der Waals surface area contributed by atoms with Crippen LogP contribution in [0.5, 0.6) is 0 Å². The molecule has 150 valence electrons. The van der Waals surface area contributed by atoms with Gasteiger partial charge in [0.15, 0.2) is 0 Å². The summed E-state index contributed by atoms with van der Waals surface area (Å²) in [5, 5.41) is 5.38. The average molecular weight is 386 g/mol. The predicted octanol–water partition coefficient (Wildman–Crippen LogP) is 0.972. The van der Waals surface area contributed by atoms with Crippen molar-refractivity contribution in [2.24, 2.45) is 0 Å². The molecule has 0 aliphatic carbocycles. The first-order chi connectivity index (χ1) is 13.5. The molecular formula is C20H26N4O4. The van der Waals surface area contributed by atoms with E-state index in [9.17, 15) is 19.2 Å². The highest BCUT2D eigenvalue weighted by molar-refractivity contribution is 6.09. The van der Waals surface area contributed by atoms with E-state index in [1.807, 2.05) is 13.0 Å². The van der Waals surface area contributed by atoms with Crippen LogP contribution in [0.3, 0.4) is 0 Å². The third-order valence-electron chi connectivity index (χ3n) is 5.39. The molecule has 0 unspecified atom stereocenters. The zero-order chi connectivity index (χ0) is 20.1. The first-order valence-corrected chi connectivity index (χ1v) is 9.72. The fraction of sp³-hybridized carbons (Fsp3) is 0.500. The van der Waals surface area contributed by atoms with Gasteiger partial charge in [-0.15, -0.1) is 0 Å². The summed E-state index contributed by atoms with van der Waals surface area (Å²) in [5.41, 5.74) is -0.459. The van der Waals surface area contributed by atoms with E-state index >= 15 is 0 Å². The molecule has 0 spiro atoms. The van der Waals surface area contributed by atoms with Gasteiger partial charge in [0.1, 0.15) is 12.1 Å². The number of urea groups is 1. The Morgan fingerprint density at radius 2 is 1.82 bits per heavy atom. The summed E-state index contributed by atoms with van der Waals surface area (Å²) in [4.78, 5) is 52.3. The van der Waals surface area contributed by atoms with Gasteiger partial charge < -0.3 is 15.5 Å². The first-order valence-electron chi connectivity index (χ1n) is 9.72. The zero-order valence-electron chi connectivity index (χ0n) is 16.1. The predicted molar refractivity (Wildman–Crippen MR) is 102 cm³/mol. The second kappa shape index (κ2) is 8.41. The van der Waals surface area contributed by atoms with Crippen molar-refractivity contribution < 1.29 is 19.2 Å². The Morgan fingerprint density at radius 3 is 2.46 bits per heavy atom. The van der Waals surface area contributed by atoms with Crippen molar-refractivity contribution in [1.82, 2.24) is 20.4 Å². The number of hydrogen-bond donors (Lipinski definition) is 2. The topological polar surface area (TPSA) is 98.8 Å². The number of carbonyl (C=O) groups is 4. The molecule has 2 N–H and O–H groups in total. The van der Waals surface area contributed by atoms with Crippen LogP contribution in [0, 0.1) is 0 Å². The fourth-order valence-electron chi connectivity index (χ4n) is 3.76. The van der Waals surface area contributed by atoms with Gasteiger partial charge in [0, 0.05) is 26.1 Å². The Labute approximate surface area is 164 Å². The Kier molecular flexibility index (Phi) is 5.96. The van der Waals surface area contributed by atoms with Crippen molar-refractivity contribution in [3.8, 4) is 0 Å². The van der Waals surface area contributed by atoms with E-state index in [0.29, 0.717) is 12.0 Å². The molecule has 5 amide bonds. The maximum Gasteiger partial charge on any atom is 0.325 e. The van der Waals surface area contributed by atoms with E-state index in [0.717, 1.165) is 30.8 Å². The minimum absolute atomic E-state index is 0.0156. The molecule has 2 fully saturated rings. The summed E-state index contributed by atoms with van der Waals surface area (Å²) in [7, 11) is 0. The highest BCUT2D eigenvalue weighted by Gasteiger charge is 2.51. The summed E-state index contributed by atoms with van der Waals surface area (Å²) < 4.78 is 0. The lowest BCUT2D eigenvalue weighted by Crippen LogP contribution is -2.45. The van der Waals surface area contributed by atoms with Gasteiger partial charge in [-0.1, -0.05) is 37.3 Å². The number of likely N-dealkylation sites (tertiary alicyclic amines) is 1. The molecule has 3 rings (SSSR count). The molecule has 2 aliphatic rings. The van der Waals surface area contributed by atoms with Crippen molar-refractivity contribution in [1.29, 1.82) is 0 Å². The number of amides is 5. The van der Waals surface area contributed by atoms with E-state index < -0.39 is 23.4 Å². The summed E-state index contributed by atoms with van der Waals surface area (Å²) in [5.74, 6) is -0.881. The minimum atomic E-state index is -1.15. The normalized spacial score (nSPS) is 21.8. The molecule has 0 saturated carbocycles. The summed E-state index contributed by atoms with van der Waals surface area (Å²) in [6.45, 7) is 3.19. The molecule has 2 heterocycles. The quantitative estimate of drug-likeness (QED) is 0.682. The number of rotatable bonds is 7. The van der Waals surface area contributed by atoms with E-state index in [2.05, 4.69) is 10.6 Å². The standard InChI is InChI=1S/C20H26N4O4/c1-2-20(15-8-4-3-5-9-15)18(27)24(19(28)22-20)14-16(25)21-11-10-17(26)23-12-6-7-13-23/h3-5,8-9H,2,6-7,10-14H2,1H3,(H,21,25)(H,22,28)/t20-/m1/s1. The Hall–Kier alpha value is -2.90. The van der Waals surface area contributed by atoms with Gasteiger partial charge in [-0.25, -0.2) is 4.79 Å². The number of nitrogens with one attached hydrogen (secondary N) is 2. The molecular weight excluding hydrogens is 360 g/mol. The van der Waals surface area contributed by atoms with Crippen LogP contribution < -0.4 is 10.6 Å². The van der Waals surface area contributed by atoms with Crippen LogP contribution in [0.25, 0.3) is 0 Å². The van der Waals surface area contributed by atoms with Crippen LogP contribution in [0.4, 0.5) is 4.79 Å². The largest absolute Gasteiger partial charge is 0.354 e. The molecule has 1 aromatic carbocycles. The van der Waals surface area contributed by atoms with Crippen LogP contribution in [0.2, 0.25) is 0 Å². The Bertz CT molecular complexity index is 761. The van der Waals surface area contributed by atoms with Crippen molar-refractivity contribution >= 4 is 23.8 Å². The van der Waals surface area contributed by atoms with E-state index in [-0.39, 0.29) is 25.4 Å². The third kappa shape index (κ3) is 3.85. The molecule has 0 bridgehead atoms. The molecule has 1 aromatic rings. The summed E-state index contributed by atoms with van der Waals surface area (Å²) in [6, 6.07) is 8.43. The van der Waals surface area contributed by atoms with Crippen molar-refractivity contribution in [2.75, 3.05) is 26.2 Å². The second-order valence-corrected chi connectivity index (χ2v) is 7.13. The van der Waals surface area contributed by atoms with Gasteiger partial charge in [-0.2, -0.15) is 0 Å². The van der Waals surface area contributed by atoms with E-state index in [1.54, 1.807) is 29.2 Å². The van der Waals surface area contributed by atoms with Crippen LogP contribution >= 0.6 is 0 Å². The third-order valence-corrected chi connectivity index (χ3v) is 5.39. The number of benzene rings is 1. The van der Waals surface area contributed by atoms with Gasteiger partial charge >= 0.3 is 6.03 Å². The van der Waals surface area contributed by atoms with Gasteiger partial charge in [0.05, 0.1) is 0 Å². The highest BCUT2D eigenvalue weighted by atomic mass is 16.2. The number of hydrogen-bond acceptors (Lipinski definition) is 4. The lowest BCUT2D eigenvalue weighted by atomic mass is 9.87. The molecule has 28 heavy (non-hydrogen) atoms. The fourth-order valence-corrected chi connectivity index (χ4v) is 3.76. The highest BCUT2D eigenvalue weighted by Crippen LogP contribution is 2.32. The molecule has 8 nitrogen and oxygen atoms in total. The van der Waals surface area contributed by atoms with Crippen LogP contribution in [-0.2, 0) is 19.9 Å². The van der Waals surface area contributed by atoms with Crippen molar-refractivity contribution in [3.63, 3.8) is 0 Å². The van der Waals surface area contributed by atoms with Crippen LogP contribution in [0.15, 0.2) is 30.3 Å². The first kappa shape index (κ1) is 19.9. The molecule has 1 atom stereocenters. The monoisotopic (exact) mass is 386 g/mol. The van der Waals surface area contributed by atoms with Crippen LogP contribution in [0.1, 0.15) is 38.2 Å². The molecule has 0 radical (unpaired) electrons. The van der Waals surface area contributed by atoms with Gasteiger partial charge in [0.25, 0.3) is 5.91 Å². The molecule has 0 aromatic heterocycles. The SMILES string of the molecule is CC[C@]1(c2ccccc2)NC(=O)N(CC(=O)NCCC(=O)N2CCCC2)C1=O. The second-order valence-electron chi connectivity index (χ2n) is 7.13. The van der Waals surface area contributed by atoms with E-state index in [4.69, 9.17) is 0 Å². The Morgan fingerprint density at radius 1 is 1.14 bits per heavy atom. The van der Waals surface area contributed by atoms with Crippen molar-refractivity contribution in [2.45, 2.75) is 38.1 Å².